The summed E-state index contributed by atoms with van der Waals surface area (Å²) in [5.41, 5.74) is 14.6. The Bertz CT molecular complexity index is 1080. The molecule has 154 valence electrons. The topological polar surface area (TPSA) is 101 Å². The predicted octanol–water partition coefficient (Wildman–Crippen LogP) is 2.90. The number of nitrogens with two attached hydrogens (primary N) is 2. The number of allylic oxidation sites excluding steroid dienone is 1. The Morgan fingerprint density at radius 1 is 1.13 bits per heavy atom. The van der Waals surface area contributed by atoms with E-state index in [2.05, 4.69) is 5.32 Å². The molecule has 30 heavy (non-hydrogen) atoms. The molecule has 4 rings (SSSR count). The summed E-state index contributed by atoms with van der Waals surface area (Å²) in [6, 6.07) is 12.6. The van der Waals surface area contributed by atoms with Gasteiger partial charge in [-0.3, -0.25) is 14.5 Å². The summed E-state index contributed by atoms with van der Waals surface area (Å²) in [7, 11) is 0. The van der Waals surface area contributed by atoms with Gasteiger partial charge in [0.05, 0.1) is 11.5 Å². The molecule has 1 unspecified atom stereocenters. The van der Waals surface area contributed by atoms with E-state index in [1.54, 1.807) is 41.3 Å². The third-order valence-corrected chi connectivity index (χ3v) is 5.60. The molecule has 1 atom stereocenters. The molecule has 2 aliphatic rings. The summed E-state index contributed by atoms with van der Waals surface area (Å²) in [4.78, 5) is 27.3. The number of carbonyl (C=O) groups is 2. The van der Waals surface area contributed by atoms with Crippen LogP contribution in [0.2, 0.25) is 5.02 Å². The van der Waals surface area contributed by atoms with Crippen LogP contribution in [0.3, 0.4) is 0 Å². The molecule has 2 amide bonds. The third-order valence-electron chi connectivity index (χ3n) is 5.35. The summed E-state index contributed by atoms with van der Waals surface area (Å²) >= 11 is 6.03. The second kappa shape index (κ2) is 7.84. The summed E-state index contributed by atoms with van der Waals surface area (Å²) in [6.45, 7) is 0.488. The quantitative estimate of drug-likeness (QED) is 0.702. The van der Waals surface area contributed by atoms with E-state index in [4.69, 9.17) is 23.1 Å². The molecule has 0 aliphatic carbocycles. The van der Waals surface area contributed by atoms with Gasteiger partial charge in [-0.1, -0.05) is 23.7 Å². The Balaban J connectivity index is 1.99. The molecule has 0 radical (unpaired) electrons. The van der Waals surface area contributed by atoms with Gasteiger partial charge in [-0.05, 0) is 54.8 Å². The Hall–Kier alpha value is -3.32. The average Bonchev–Trinajstić information content (AvgIpc) is 2.90. The first kappa shape index (κ1) is 20.0. The standard InChI is InChI=1S/C22H20ClFN4O2/c23-13-5-3-12(4-6-13)17-18-16(2-1-11-27-22(18)30)28(20(25)19(17)21(26)29)15-9-7-14(24)8-10-15/h3-10,17H,1-2,11,25H2,(H2,26,29)(H,27,30). The second-order valence-electron chi connectivity index (χ2n) is 7.18. The lowest BCUT2D eigenvalue weighted by atomic mass is 9.79. The minimum atomic E-state index is -0.733. The number of nitrogens with zero attached hydrogens (tertiary/aromatic N) is 1. The van der Waals surface area contributed by atoms with Crippen LogP contribution in [0, 0.1) is 5.82 Å². The van der Waals surface area contributed by atoms with Gasteiger partial charge < -0.3 is 16.8 Å². The van der Waals surface area contributed by atoms with Crippen LogP contribution < -0.4 is 21.7 Å². The van der Waals surface area contributed by atoms with Crippen molar-refractivity contribution in [2.45, 2.75) is 18.8 Å². The molecule has 0 fully saturated rings. The van der Waals surface area contributed by atoms with Gasteiger partial charge in [0, 0.05) is 28.5 Å². The molecule has 2 aromatic rings. The molecule has 0 spiro atoms. The summed E-state index contributed by atoms with van der Waals surface area (Å²) < 4.78 is 13.5. The summed E-state index contributed by atoms with van der Waals surface area (Å²) in [5.74, 6) is -2.03. The van der Waals surface area contributed by atoms with E-state index in [1.807, 2.05) is 0 Å². The van der Waals surface area contributed by atoms with E-state index in [9.17, 15) is 14.0 Å². The van der Waals surface area contributed by atoms with Crippen molar-refractivity contribution in [1.82, 2.24) is 5.32 Å². The number of amides is 2. The fourth-order valence-corrected chi connectivity index (χ4v) is 4.17. The van der Waals surface area contributed by atoms with Gasteiger partial charge in [-0.25, -0.2) is 4.39 Å². The van der Waals surface area contributed by atoms with Gasteiger partial charge in [0.15, 0.2) is 0 Å². The van der Waals surface area contributed by atoms with Crippen LogP contribution in [0.4, 0.5) is 10.1 Å². The molecule has 0 saturated heterocycles. The summed E-state index contributed by atoms with van der Waals surface area (Å²) in [5, 5.41) is 3.41. The number of anilines is 1. The molecule has 0 bridgehead atoms. The number of rotatable bonds is 3. The molecule has 2 aromatic carbocycles. The van der Waals surface area contributed by atoms with E-state index >= 15 is 0 Å². The first-order chi connectivity index (χ1) is 14.4. The highest BCUT2D eigenvalue weighted by Crippen LogP contribution is 2.44. The fraction of sp³-hybridized carbons (Fsp3) is 0.182. The zero-order valence-corrected chi connectivity index (χ0v) is 16.7. The van der Waals surface area contributed by atoms with Crippen LogP contribution in [0.25, 0.3) is 0 Å². The van der Waals surface area contributed by atoms with Gasteiger partial charge in [0.25, 0.3) is 0 Å². The number of nitrogens with one attached hydrogen (secondary N) is 1. The van der Waals surface area contributed by atoms with Crippen molar-refractivity contribution in [1.29, 1.82) is 0 Å². The maximum Gasteiger partial charge on any atom is 0.249 e. The SMILES string of the molecule is NC(=O)C1=C(N)N(c2ccc(F)cc2)C2=C(C(=O)NCCC2)C1c1ccc(Cl)cc1. The zero-order chi connectivity index (χ0) is 21.4. The van der Waals surface area contributed by atoms with Crippen LogP contribution in [0.1, 0.15) is 24.3 Å². The maximum atomic E-state index is 13.5. The van der Waals surface area contributed by atoms with Crippen LogP contribution in [-0.4, -0.2) is 18.4 Å². The van der Waals surface area contributed by atoms with E-state index in [0.717, 1.165) is 0 Å². The number of carbonyl (C=O) groups excluding carboxylic acids is 2. The number of primary amides is 1. The minimum Gasteiger partial charge on any atom is -0.384 e. The molecule has 2 aliphatic heterocycles. The lowest BCUT2D eigenvalue weighted by Crippen LogP contribution is -2.41. The second-order valence-corrected chi connectivity index (χ2v) is 7.62. The summed E-state index contributed by atoms with van der Waals surface area (Å²) in [6.07, 6.45) is 1.23. The highest BCUT2D eigenvalue weighted by molar-refractivity contribution is 6.30. The lowest BCUT2D eigenvalue weighted by molar-refractivity contribution is -0.117. The Kier molecular flexibility index (Phi) is 5.22. The van der Waals surface area contributed by atoms with Gasteiger partial charge in [0.1, 0.15) is 11.6 Å². The molecule has 5 N–H and O–H groups in total. The molecule has 0 saturated carbocycles. The van der Waals surface area contributed by atoms with Crippen LogP contribution in [0.15, 0.2) is 71.2 Å². The van der Waals surface area contributed by atoms with Crippen LogP contribution >= 0.6 is 11.6 Å². The van der Waals surface area contributed by atoms with Crippen molar-refractivity contribution in [2.75, 3.05) is 11.4 Å². The smallest absolute Gasteiger partial charge is 0.249 e. The Morgan fingerprint density at radius 2 is 1.80 bits per heavy atom. The number of halogens is 2. The van der Waals surface area contributed by atoms with Gasteiger partial charge in [0.2, 0.25) is 11.8 Å². The first-order valence-corrected chi connectivity index (χ1v) is 9.88. The number of benzene rings is 2. The third kappa shape index (κ3) is 3.41. The molecular weight excluding hydrogens is 407 g/mol. The number of hydrogen-bond donors (Lipinski definition) is 3. The minimum absolute atomic E-state index is 0.109. The fourth-order valence-electron chi connectivity index (χ4n) is 4.05. The normalized spacial score (nSPS) is 19.3. The zero-order valence-electron chi connectivity index (χ0n) is 16.0. The molecule has 6 nitrogen and oxygen atoms in total. The largest absolute Gasteiger partial charge is 0.384 e. The van der Waals surface area contributed by atoms with Crippen molar-refractivity contribution in [3.63, 3.8) is 0 Å². The van der Waals surface area contributed by atoms with Crippen molar-refractivity contribution in [2.24, 2.45) is 11.5 Å². The molecule has 8 heteroatoms. The van der Waals surface area contributed by atoms with Gasteiger partial charge >= 0.3 is 0 Å². The van der Waals surface area contributed by atoms with Crippen LogP contribution in [-0.2, 0) is 9.59 Å². The van der Waals surface area contributed by atoms with Crippen LogP contribution in [0.5, 0.6) is 0 Å². The highest BCUT2D eigenvalue weighted by Gasteiger charge is 2.41. The molecule has 2 heterocycles. The van der Waals surface area contributed by atoms with Crippen molar-refractivity contribution in [3.8, 4) is 0 Å². The van der Waals surface area contributed by atoms with Gasteiger partial charge in [-0.15, -0.1) is 0 Å². The van der Waals surface area contributed by atoms with Crippen molar-refractivity contribution in [3.05, 3.63) is 87.6 Å². The van der Waals surface area contributed by atoms with Crippen molar-refractivity contribution >= 4 is 29.1 Å². The van der Waals surface area contributed by atoms with Crippen molar-refractivity contribution < 1.29 is 14.0 Å². The van der Waals surface area contributed by atoms with E-state index in [0.29, 0.717) is 46.9 Å². The lowest BCUT2D eigenvalue weighted by Gasteiger charge is -2.38. The predicted molar refractivity (Wildman–Crippen MR) is 113 cm³/mol. The van der Waals surface area contributed by atoms with E-state index in [1.165, 1.54) is 12.1 Å². The Labute approximate surface area is 178 Å². The highest BCUT2D eigenvalue weighted by atomic mass is 35.5. The Morgan fingerprint density at radius 3 is 2.43 bits per heavy atom. The first-order valence-electron chi connectivity index (χ1n) is 9.50. The monoisotopic (exact) mass is 426 g/mol. The molecule has 0 aromatic heterocycles. The molecular formula is C22H20ClFN4O2. The maximum absolute atomic E-state index is 13.5. The van der Waals surface area contributed by atoms with E-state index < -0.39 is 17.6 Å². The average molecular weight is 427 g/mol. The number of hydrogen-bond acceptors (Lipinski definition) is 4. The van der Waals surface area contributed by atoms with Gasteiger partial charge in [-0.2, -0.15) is 0 Å². The van der Waals surface area contributed by atoms with E-state index in [-0.39, 0.29) is 17.3 Å².